The molecule has 0 atom stereocenters. The highest BCUT2D eigenvalue weighted by atomic mass is 19.4. The minimum absolute atomic E-state index is 0.461. The number of nitrogens with zero attached hydrogens (tertiary/aromatic N) is 2. The maximum absolute atomic E-state index is 12.5. The minimum atomic E-state index is -4.30. The van der Waals surface area contributed by atoms with Gasteiger partial charge in [-0.1, -0.05) is 42.5 Å². The molecule has 128 valence electrons. The van der Waals surface area contributed by atoms with Crippen molar-refractivity contribution >= 4 is 23.2 Å². The Bertz CT molecular complexity index is 916. The molecule has 25 heavy (non-hydrogen) atoms. The van der Waals surface area contributed by atoms with E-state index in [-0.39, 0.29) is 0 Å². The Morgan fingerprint density at radius 2 is 1.76 bits per heavy atom. The smallest absolute Gasteiger partial charge is 0.343 e. The Balaban J connectivity index is 1.62. The van der Waals surface area contributed by atoms with Gasteiger partial charge in [0.2, 0.25) is 0 Å². The number of para-hydroxylation sites is 1. The summed E-state index contributed by atoms with van der Waals surface area (Å²) in [6.45, 7) is 0.461. The highest BCUT2D eigenvalue weighted by molar-refractivity contribution is 5.90. The minimum Gasteiger partial charge on any atom is -0.343 e. The molecule has 1 heterocycles. The maximum atomic E-state index is 12.5. The molecule has 0 spiro atoms. The quantitative estimate of drug-likeness (QED) is 0.570. The van der Waals surface area contributed by atoms with Crippen LogP contribution in [0, 0.1) is 0 Å². The first-order valence-corrected chi connectivity index (χ1v) is 7.83. The molecular formula is C20H17F3N2. The largest absolute Gasteiger partial charge is 0.416 e. The average Bonchev–Trinajstić information content (AvgIpc) is 2.91. The molecule has 0 unspecified atom stereocenters. The first kappa shape index (κ1) is 17.0. The predicted molar refractivity (Wildman–Crippen MR) is 95.9 cm³/mol. The standard InChI is InChI=1S/C20H17F3N2/c1-25-18(13-16-6-2-3-7-19(16)25)14-24-12-4-5-15-8-10-17(11-9-15)20(21,22)23/h2-11,13-14H,12H2,1H3/b5-4+,24-14?. The van der Waals surface area contributed by atoms with E-state index in [1.54, 1.807) is 12.3 Å². The number of hydrogen-bond donors (Lipinski definition) is 0. The van der Waals surface area contributed by atoms with Gasteiger partial charge in [-0.25, -0.2) is 0 Å². The molecule has 3 aromatic rings. The summed E-state index contributed by atoms with van der Waals surface area (Å²) < 4.78 is 39.6. The lowest BCUT2D eigenvalue weighted by molar-refractivity contribution is -0.137. The molecule has 2 aromatic carbocycles. The summed E-state index contributed by atoms with van der Waals surface area (Å²) in [6.07, 6.45) is 1.09. The number of benzene rings is 2. The fourth-order valence-corrected chi connectivity index (χ4v) is 2.61. The number of aliphatic imine (C=N–C) groups is 1. The van der Waals surface area contributed by atoms with Crippen LogP contribution in [0.15, 0.2) is 65.7 Å². The third-order valence-corrected chi connectivity index (χ3v) is 3.97. The van der Waals surface area contributed by atoms with Crippen molar-refractivity contribution in [1.29, 1.82) is 0 Å². The van der Waals surface area contributed by atoms with E-state index in [0.29, 0.717) is 12.1 Å². The number of hydrogen-bond acceptors (Lipinski definition) is 1. The first-order chi connectivity index (χ1) is 11.9. The lowest BCUT2D eigenvalue weighted by Crippen LogP contribution is -2.03. The van der Waals surface area contributed by atoms with Gasteiger partial charge >= 0.3 is 6.18 Å². The van der Waals surface area contributed by atoms with Crippen LogP contribution in [-0.2, 0) is 13.2 Å². The molecular weight excluding hydrogens is 325 g/mol. The van der Waals surface area contributed by atoms with Crippen molar-refractivity contribution in [2.24, 2.45) is 12.0 Å². The van der Waals surface area contributed by atoms with E-state index in [0.717, 1.165) is 28.7 Å². The number of rotatable bonds is 4. The summed E-state index contributed by atoms with van der Waals surface area (Å²) in [5.41, 5.74) is 2.22. The molecule has 0 aliphatic heterocycles. The summed E-state index contributed by atoms with van der Waals surface area (Å²) >= 11 is 0. The summed E-state index contributed by atoms with van der Waals surface area (Å²) in [7, 11) is 1.99. The lowest BCUT2D eigenvalue weighted by Gasteiger charge is -2.05. The van der Waals surface area contributed by atoms with Crippen molar-refractivity contribution < 1.29 is 13.2 Å². The summed E-state index contributed by atoms with van der Waals surface area (Å²) in [5, 5.41) is 1.16. The fourth-order valence-electron chi connectivity index (χ4n) is 2.61. The van der Waals surface area contributed by atoms with Crippen molar-refractivity contribution in [3.05, 3.63) is 77.5 Å². The monoisotopic (exact) mass is 342 g/mol. The molecule has 5 heteroatoms. The lowest BCUT2D eigenvalue weighted by atomic mass is 10.1. The zero-order valence-electron chi connectivity index (χ0n) is 13.7. The zero-order chi connectivity index (χ0) is 17.9. The Morgan fingerprint density at radius 1 is 1.04 bits per heavy atom. The van der Waals surface area contributed by atoms with Gasteiger partial charge in [0, 0.05) is 24.2 Å². The normalized spacial score (nSPS) is 12.6. The van der Waals surface area contributed by atoms with Gasteiger partial charge in [0.1, 0.15) is 0 Å². The molecule has 2 nitrogen and oxygen atoms in total. The molecule has 3 rings (SSSR count). The highest BCUT2D eigenvalue weighted by Crippen LogP contribution is 2.29. The molecule has 0 amide bonds. The van der Waals surface area contributed by atoms with Crippen LogP contribution in [0.4, 0.5) is 13.2 Å². The van der Waals surface area contributed by atoms with E-state index >= 15 is 0 Å². The molecule has 0 radical (unpaired) electrons. The average molecular weight is 342 g/mol. The van der Waals surface area contributed by atoms with Crippen molar-refractivity contribution in [2.45, 2.75) is 6.18 Å². The van der Waals surface area contributed by atoms with E-state index in [2.05, 4.69) is 27.8 Å². The van der Waals surface area contributed by atoms with Crippen molar-refractivity contribution in [1.82, 2.24) is 4.57 Å². The number of halogens is 3. The molecule has 0 aliphatic rings. The topological polar surface area (TPSA) is 17.3 Å². The third-order valence-electron chi connectivity index (χ3n) is 3.97. The second-order valence-electron chi connectivity index (χ2n) is 5.70. The summed E-state index contributed by atoms with van der Waals surface area (Å²) in [6, 6.07) is 15.2. The van der Waals surface area contributed by atoms with Gasteiger partial charge in [-0.05, 0) is 29.8 Å². The molecule has 0 saturated heterocycles. The van der Waals surface area contributed by atoms with E-state index in [1.165, 1.54) is 12.1 Å². The van der Waals surface area contributed by atoms with Gasteiger partial charge in [-0.3, -0.25) is 4.99 Å². The number of aryl methyl sites for hydroxylation is 1. The van der Waals surface area contributed by atoms with Crippen molar-refractivity contribution in [2.75, 3.05) is 6.54 Å². The van der Waals surface area contributed by atoms with Crippen LogP contribution in [0.5, 0.6) is 0 Å². The van der Waals surface area contributed by atoms with Gasteiger partial charge in [0.15, 0.2) is 0 Å². The SMILES string of the molecule is Cn1c(C=NC/C=C/c2ccc(C(F)(F)F)cc2)cc2ccccc21. The summed E-state index contributed by atoms with van der Waals surface area (Å²) in [5.74, 6) is 0. The molecule has 0 bridgehead atoms. The van der Waals surface area contributed by atoms with Crippen LogP contribution in [0.3, 0.4) is 0 Å². The Morgan fingerprint density at radius 3 is 2.44 bits per heavy atom. The van der Waals surface area contributed by atoms with E-state index in [9.17, 15) is 13.2 Å². The Labute approximate surface area is 143 Å². The zero-order valence-corrected chi connectivity index (χ0v) is 13.7. The van der Waals surface area contributed by atoms with Crippen molar-refractivity contribution in [3.63, 3.8) is 0 Å². The maximum Gasteiger partial charge on any atom is 0.416 e. The van der Waals surface area contributed by atoms with E-state index in [4.69, 9.17) is 0 Å². The van der Waals surface area contributed by atoms with E-state index in [1.807, 2.05) is 25.3 Å². The van der Waals surface area contributed by atoms with Crippen molar-refractivity contribution in [3.8, 4) is 0 Å². The highest BCUT2D eigenvalue weighted by Gasteiger charge is 2.29. The van der Waals surface area contributed by atoms with Gasteiger partial charge in [-0.15, -0.1) is 0 Å². The van der Waals surface area contributed by atoms with Crippen LogP contribution in [0.1, 0.15) is 16.8 Å². The van der Waals surface area contributed by atoms with E-state index < -0.39 is 11.7 Å². The second kappa shape index (κ2) is 6.97. The predicted octanol–water partition coefficient (Wildman–Crippen LogP) is 5.33. The Kier molecular flexibility index (Phi) is 4.74. The van der Waals surface area contributed by atoms with Crippen LogP contribution in [-0.4, -0.2) is 17.3 Å². The van der Waals surface area contributed by atoms with Crippen LogP contribution < -0.4 is 0 Å². The molecule has 0 N–H and O–H groups in total. The number of alkyl halides is 3. The number of aromatic nitrogens is 1. The van der Waals surface area contributed by atoms with Gasteiger partial charge in [0.05, 0.1) is 17.8 Å². The molecule has 0 aliphatic carbocycles. The van der Waals surface area contributed by atoms with Crippen LogP contribution in [0.2, 0.25) is 0 Å². The Hall–Kier alpha value is -2.82. The van der Waals surface area contributed by atoms with Gasteiger partial charge < -0.3 is 4.57 Å². The second-order valence-corrected chi connectivity index (χ2v) is 5.70. The molecule has 1 aromatic heterocycles. The third kappa shape index (κ3) is 3.99. The van der Waals surface area contributed by atoms with Gasteiger partial charge in [-0.2, -0.15) is 13.2 Å². The molecule has 0 saturated carbocycles. The number of fused-ring (bicyclic) bond motifs is 1. The van der Waals surface area contributed by atoms with Crippen LogP contribution in [0.25, 0.3) is 17.0 Å². The molecule has 0 fully saturated rings. The van der Waals surface area contributed by atoms with Crippen LogP contribution >= 0.6 is 0 Å². The fraction of sp³-hybridized carbons (Fsp3) is 0.150. The van der Waals surface area contributed by atoms with Gasteiger partial charge in [0.25, 0.3) is 0 Å². The summed E-state index contributed by atoms with van der Waals surface area (Å²) in [4.78, 5) is 4.36. The first-order valence-electron chi connectivity index (χ1n) is 7.83.